The minimum Gasteiger partial charge on any atom is -0.497 e. The predicted octanol–water partition coefficient (Wildman–Crippen LogP) is 6.41. The third-order valence-corrected chi connectivity index (χ3v) is 5.72. The molecule has 4 aromatic rings. The van der Waals surface area contributed by atoms with Crippen LogP contribution in [0.25, 0.3) is 21.8 Å². The molecule has 2 heterocycles. The van der Waals surface area contributed by atoms with Gasteiger partial charge in [0.05, 0.1) is 18.1 Å². The molecule has 0 spiro atoms. The Labute approximate surface area is 190 Å². The van der Waals surface area contributed by atoms with Crippen LogP contribution in [-0.2, 0) is 0 Å². The Hall–Kier alpha value is -3.34. The lowest BCUT2D eigenvalue weighted by molar-refractivity contribution is 0.415. The summed E-state index contributed by atoms with van der Waals surface area (Å²) in [4.78, 5) is 9.29. The van der Waals surface area contributed by atoms with Crippen LogP contribution in [0.5, 0.6) is 5.75 Å². The maximum Gasteiger partial charge on any atom is 0.119 e. The van der Waals surface area contributed by atoms with Gasteiger partial charge in [0.2, 0.25) is 0 Å². The molecule has 2 aromatic heterocycles. The van der Waals surface area contributed by atoms with Crippen molar-refractivity contribution in [3.8, 4) is 5.75 Å². The summed E-state index contributed by atoms with van der Waals surface area (Å²) in [6, 6.07) is 16.7. The number of hydrogen-bond donors (Lipinski definition) is 2. The SMILES string of the molecule is COc1ccc2nc(C)cc(NCCCCCNc3cc(C)nc4ccc(C)cc34)c2c1. The molecule has 2 aromatic carbocycles. The minimum atomic E-state index is 0.853. The molecule has 2 N–H and O–H groups in total. The third-order valence-electron chi connectivity index (χ3n) is 5.72. The topological polar surface area (TPSA) is 59.1 Å². The molecule has 5 heteroatoms. The van der Waals surface area contributed by atoms with Gasteiger partial charge in [-0.15, -0.1) is 0 Å². The summed E-state index contributed by atoms with van der Waals surface area (Å²) in [5, 5.41) is 9.53. The number of rotatable bonds is 9. The highest BCUT2D eigenvalue weighted by Crippen LogP contribution is 2.27. The van der Waals surface area contributed by atoms with Crippen LogP contribution in [0.15, 0.2) is 48.5 Å². The maximum atomic E-state index is 5.39. The largest absolute Gasteiger partial charge is 0.497 e. The molecule has 0 unspecified atom stereocenters. The molecule has 0 aliphatic heterocycles. The number of ether oxygens (including phenoxy) is 1. The number of pyridine rings is 2. The van der Waals surface area contributed by atoms with Gasteiger partial charge in [0.1, 0.15) is 5.75 Å². The first kappa shape index (κ1) is 21.9. The van der Waals surface area contributed by atoms with Crippen LogP contribution in [0.3, 0.4) is 0 Å². The van der Waals surface area contributed by atoms with Gasteiger partial charge in [-0.3, -0.25) is 9.97 Å². The number of nitrogens with one attached hydrogen (secondary N) is 2. The molecule has 166 valence electrons. The monoisotopic (exact) mass is 428 g/mol. The summed E-state index contributed by atoms with van der Waals surface area (Å²) >= 11 is 0. The van der Waals surface area contributed by atoms with Gasteiger partial charge in [-0.1, -0.05) is 11.6 Å². The molecule has 0 saturated carbocycles. The van der Waals surface area contributed by atoms with Gasteiger partial charge in [-0.2, -0.15) is 0 Å². The first-order valence-corrected chi connectivity index (χ1v) is 11.3. The summed E-state index contributed by atoms with van der Waals surface area (Å²) < 4.78 is 5.39. The normalized spacial score (nSPS) is 11.1. The fourth-order valence-electron chi connectivity index (χ4n) is 4.10. The fourth-order valence-corrected chi connectivity index (χ4v) is 4.10. The van der Waals surface area contributed by atoms with Crippen molar-refractivity contribution in [1.82, 2.24) is 9.97 Å². The van der Waals surface area contributed by atoms with Crippen molar-refractivity contribution in [1.29, 1.82) is 0 Å². The van der Waals surface area contributed by atoms with E-state index in [0.29, 0.717) is 0 Å². The molecule has 5 nitrogen and oxygen atoms in total. The van der Waals surface area contributed by atoms with E-state index in [9.17, 15) is 0 Å². The van der Waals surface area contributed by atoms with Gasteiger partial charge in [-0.05, 0) is 82.5 Å². The molecule has 4 rings (SSSR count). The van der Waals surface area contributed by atoms with E-state index in [1.807, 2.05) is 19.1 Å². The Morgan fingerprint density at radius 1 is 0.688 bits per heavy atom. The zero-order valence-corrected chi connectivity index (χ0v) is 19.5. The van der Waals surface area contributed by atoms with Gasteiger partial charge in [0, 0.05) is 46.6 Å². The van der Waals surface area contributed by atoms with Crippen molar-refractivity contribution >= 4 is 33.2 Å². The fraction of sp³-hybridized carbons (Fsp3) is 0.333. The molecule has 0 fully saturated rings. The van der Waals surface area contributed by atoms with Crippen molar-refractivity contribution in [3.63, 3.8) is 0 Å². The van der Waals surface area contributed by atoms with Crippen LogP contribution >= 0.6 is 0 Å². The average molecular weight is 429 g/mol. The second-order valence-corrected chi connectivity index (χ2v) is 8.44. The van der Waals surface area contributed by atoms with E-state index in [1.165, 1.54) is 16.6 Å². The standard InChI is InChI=1S/C27H32N4O/c1-18-8-10-24-22(14-18)26(15-19(2)30-24)28-12-6-5-7-13-29-27-16-20(3)31-25-11-9-21(32-4)17-23(25)27/h8-11,14-17H,5-7,12-13H2,1-4H3,(H,28,30)(H,29,31). The Morgan fingerprint density at radius 2 is 1.25 bits per heavy atom. The van der Waals surface area contributed by atoms with Gasteiger partial charge in [0.15, 0.2) is 0 Å². The molecule has 0 atom stereocenters. The molecule has 0 amide bonds. The summed E-state index contributed by atoms with van der Waals surface area (Å²) in [5.41, 5.74) is 7.68. The number of hydrogen-bond acceptors (Lipinski definition) is 5. The van der Waals surface area contributed by atoms with Gasteiger partial charge in [-0.25, -0.2) is 0 Å². The van der Waals surface area contributed by atoms with Gasteiger partial charge >= 0.3 is 0 Å². The van der Waals surface area contributed by atoms with E-state index in [1.54, 1.807) is 7.11 Å². The number of anilines is 2. The second-order valence-electron chi connectivity index (χ2n) is 8.44. The Balaban J connectivity index is 1.29. The molecular formula is C27H32N4O. The molecule has 32 heavy (non-hydrogen) atoms. The summed E-state index contributed by atoms with van der Waals surface area (Å²) in [6.07, 6.45) is 3.40. The number of methoxy groups -OCH3 is 1. The van der Waals surface area contributed by atoms with E-state index in [2.05, 4.69) is 70.8 Å². The molecule has 0 radical (unpaired) electrons. The van der Waals surface area contributed by atoms with Crippen LogP contribution < -0.4 is 15.4 Å². The van der Waals surface area contributed by atoms with Crippen molar-refractivity contribution in [2.75, 3.05) is 30.8 Å². The van der Waals surface area contributed by atoms with E-state index in [4.69, 9.17) is 4.74 Å². The first-order valence-electron chi connectivity index (χ1n) is 11.3. The number of nitrogens with zero attached hydrogens (tertiary/aromatic N) is 2. The number of unbranched alkanes of at least 4 members (excludes halogenated alkanes) is 2. The average Bonchev–Trinajstić information content (AvgIpc) is 2.78. The van der Waals surface area contributed by atoms with Gasteiger partial charge < -0.3 is 15.4 Å². The lowest BCUT2D eigenvalue weighted by Crippen LogP contribution is -2.06. The minimum absolute atomic E-state index is 0.853. The van der Waals surface area contributed by atoms with Crippen LogP contribution in [0.4, 0.5) is 11.4 Å². The van der Waals surface area contributed by atoms with Crippen LogP contribution in [0.1, 0.15) is 36.2 Å². The highest BCUT2D eigenvalue weighted by molar-refractivity contribution is 5.93. The first-order chi connectivity index (χ1) is 15.5. The highest BCUT2D eigenvalue weighted by Gasteiger charge is 2.06. The van der Waals surface area contributed by atoms with Crippen LogP contribution in [-0.4, -0.2) is 30.2 Å². The lowest BCUT2D eigenvalue weighted by Gasteiger charge is -2.13. The Kier molecular flexibility index (Phi) is 6.74. The summed E-state index contributed by atoms with van der Waals surface area (Å²) in [7, 11) is 1.70. The van der Waals surface area contributed by atoms with E-state index < -0.39 is 0 Å². The summed E-state index contributed by atoms with van der Waals surface area (Å²) in [6.45, 7) is 8.11. The number of fused-ring (bicyclic) bond motifs is 2. The van der Waals surface area contributed by atoms with E-state index >= 15 is 0 Å². The van der Waals surface area contributed by atoms with Gasteiger partial charge in [0.25, 0.3) is 0 Å². The molecular weight excluding hydrogens is 396 g/mol. The second kappa shape index (κ2) is 9.86. The molecule has 0 aliphatic carbocycles. The maximum absolute atomic E-state index is 5.39. The predicted molar refractivity (Wildman–Crippen MR) is 135 cm³/mol. The third kappa shape index (κ3) is 5.10. The Morgan fingerprint density at radius 3 is 1.84 bits per heavy atom. The molecule has 0 saturated heterocycles. The Bertz CT molecular complexity index is 1240. The smallest absolute Gasteiger partial charge is 0.119 e. The van der Waals surface area contributed by atoms with Crippen molar-refractivity contribution in [2.45, 2.75) is 40.0 Å². The zero-order chi connectivity index (χ0) is 22.5. The highest BCUT2D eigenvalue weighted by atomic mass is 16.5. The van der Waals surface area contributed by atoms with Crippen molar-refractivity contribution < 1.29 is 4.74 Å². The molecule has 0 bridgehead atoms. The summed E-state index contributed by atoms with van der Waals surface area (Å²) in [5.74, 6) is 0.853. The zero-order valence-electron chi connectivity index (χ0n) is 19.5. The van der Waals surface area contributed by atoms with Crippen molar-refractivity contribution in [2.24, 2.45) is 0 Å². The quantitative estimate of drug-likeness (QED) is 0.302. The van der Waals surface area contributed by atoms with Crippen LogP contribution in [0, 0.1) is 20.8 Å². The van der Waals surface area contributed by atoms with E-state index in [-0.39, 0.29) is 0 Å². The lowest BCUT2D eigenvalue weighted by atomic mass is 10.1. The molecule has 0 aliphatic rings. The number of aromatic nitrogens is 2. The number of benzene rings is 2. The number of aryl methyl sites for hydroxylation is 3. The van der Waals surface area contributed by atoms with Crippen molar-refractivity contribution in [3.05, 3.63) is 65.5 Å². The van der Waals surface area contributed by atoms with E-state index in [0.717, 1.165) is 71.6 Å². The van der Waals surface area contributed by atoms with Crippen LogP contribution in [0.2, 0.25) is 0 Å².